The lowest BCUT2D eigenvalue weighted by molar-refractivity contribution is 0.651. The predicted molar refractivity (Wildman–Crippen MR) is 95.6 cm³/mol. The van der Waals surface area contributed by atoms with Crippen LogP contribution in [0.1, 0.15) is 36.6 Å². The normalized spacial score (nSPS) is 20.5. The van der Waals surface area contributed by atoms with Gasteiger partial charge in [-0.3, -0.25) is 4.40 Å². The van der Waals surface area contributed by atoms with E-state index in [0.29, 0.717) is 12.0 Å². The summed E-state index contributed by atoms with van der Waals surface area (Å²) in [6.07, 6.45) is 8.81. The number of fused-ring (bicyclic) bond motifs is 3. The molecule has 7 heteroatoms. The summed E-state index contributed by atoms with van der Waals surface area (Å²) in [4.78, 5) is 12.0. The highest BCUT2D eigenvalue weighted by atomic mass is 15.3. The van der Waals surface area contributed by atoms with E-state index in [1.807, 2.05) is 24.5 Å². The van der Waals surface area contributed by atoms with Gasteiger partial charge in [-0.25, -0.2) is 9.97 Å². The maximum absolute atomic E-state index is 4.48. The minimum atomic E-state index is 0.387. The molecule has 0 aromatic carbocycles. The van der Waals surface area contributed by atoms with Crippen LogP contribution in [0, 0.1) is 6.92 Å². The molecule has 0 amide bonds. The summed E-state index contributed by atoms with van der Waals surface area (Å²) in [5, 5.41) is 12.3. The highest BCUT2D eigenvalue weighted by molar-refractivity contribution is 5.74. The Balaban J connectivity index is 1.42. The number of aromatic amines is 1. The summed E-state index contributed by atoms with van der Waals surface area (Å²) in [7, 11) is 0. The van der Waals surface area contributed by atoms with Gasteiger partial charge in [-0.05, 0) is 43.9 Å². The van der Waals surface area contributed by atoms with E-state index in [1.165, 1.54) is 5.56 Å². The number of pyridine rings is 1. The van der Waals surface area contributed by atoms with Gasteiger partial charge in [-0.15, -0.1) is 10.2 Å². The molecular weight excluding hydrogens is 314 g/mol. The van der Waals surface area contributed by atoms with Gasteiger partial charge in [-0.2, -0.15) is 0 Å². The molecule has 0 bridgehead atoms. The molecule has 4 heterocycles. The van der Waals surface area contributed by atoms with Gasteiger partial charge in [0.2, 0.25) is 0 Å². The number of H-pyrrole nitrogens is 1. The zero-order valence-electron chi connectivity index (χ0n) is 14.0. The summed E-state index contributed by atoms with van der Waals surface area (Å²) in [5.41, 5.74) is 3.88. The van der Waals surface area contributed by atoms with Crippen LogP contribution in [0.5, 0.6) is 0 Å². The summed E-state index contributed by atoms with van der Waals surface area (Å²) in [6.45, 7) is 2.05. The fourth-order valence-electron chi connectivity index (χ4n) is 3.77. The van der Waals surface area contributed by atoms with Gasteiger partial charge in [0.25, 0.3) is 0 Å². The molecule has 4 aromatic heterocycles. The molecule has 1 fully saturated rings. The molecule has 0 unspecified atom stereocenters. The van der Waals surface area contributed by atoms with Crippen molar-refractivity contribution in [2.45, 2.75) is 38.1 Å². The number of hydrogen-bond donors (Lipinski definition) is 2. The fourth-order valence-corrected chi connectivity index (χ4v) is 3.77. The molecule has 0 saturated heterocycles. The number of rotatable bonds is 3. The Morgan fingerprint density at radius 2 is 2.08 bits per heavy atom. The molecule has 126 valence electrons. The maximum atomic E-state index is 4.48. The van der Waals surface area contributed by atoms with Crippen molar-refractivity contribution < 1.29 is 0 Å². The van der Waals surface area contributed by atoms with Gasteiger partial charge in [0.05, 0.1) is 11.7 Å². The molecular formula is C18H19N7. The van der Waals surface area contributed by atoms with Crippen molar-refractivity contribution in [3.8, 4) is 0 Å². The average Bonchev–Trinajstić information content (AvgIpc) is 3.34. The number of aromatic nitrogens is 6. The lowest BCUT2D eigenvalue weighted by Crippen LogP contribution is -2.16. The topological polar surface area (TPSA) is 83.8 Å². The Bertz CT molecular complexity index is 1030. The van der Waals surface area contributed by atoms with Crippen LogP contribution in [0.4, 0.5) is 5.82 Å². The Morgan fingerprint density at radius 1 is 1.12 bits per heavy atom. The van der Waals surface area contributed by atoms with Crippen LogP contribution in [0.2, 0.25) is 0 Å². The summed E-state index contributed by atoms with van der Waals surface area (Å²) < 4.78 is 2.13. The Hall–Kier alpha value is -2.96. The van der Waals surface area contributed by atoms with Crippen LogP contribution in [0.25, 0.3) is 16.8 Å². The van der Waals surface area contributed by atoms with Crippen LogP contribution >= 0.6 is 0 Å². The SMILES string of the molecule is Cc1ccc(N[C@@H]2CC[C@H](c3nnc4cnc5[nH]ccc5n34)C2)nc1. The number of nitrogens with one attached hydrogen (secondary N) is 2. The fraction of sp³-hybridized carbons (Fsp3) is 0.333. The number of aryl methyl sites for hydroxylation is 1. The third-order valence-electron chi connectivity index (χ3n) is 5.03. The van der Waals surface area contributed by atoms with E-state index in [1.54, 1.807) is 6.20 Å². The van der Waals surface area contributed by atoms with Crippen LogP contribution in [0.15, 0.2) is 36.8 Å². The first-order valence-corrected chi connectivity index (χ1v) is 8.64. The smallest absolute Gasteiger partial charge is 0.179 e. The molecule has 5 rings (SSSR count). The third-order valence-corrected chi connectivity index (χ3v) is 5.03. The van der Waals surface area contributed by atoms with Gasteiger partial charge < -0.3 is 10.3 Å². The average molecular weight is 333 g/mol. The maximum Gasteiger partial charge on any atom is 0.179 e. The van der Waals surface area contributed by atoms with Crippen molar-refractivity contribution in [1.29, 1.82) is 0 Å². The second kappa shape index (κ2) is 5.54. The molecule has 4 aromatic rings. The summed E-state index contributed by atoms with van der Waals surface area (Å²) in [6, 6.07) is 6.58. The standard InChI is InChI=1S/C18H19N7/c1-11-2-5-15(20-9-11)22-13-4-3-12(8-13)18-24-23-16-10-21-17-14(25(16)18)6-7-19-17/h2,5-7,9-10,12-13,19H,3-4,8H2,1H3,(H,20,22)/t12-,13+/m0/s1. The van der Waals surface area contributed by atoms with Gasteiger partial charge >= 0.3 is 0 Å². The van der Waals surface area contributed by atoms with Gasteiger partial charge in [0.1, 0.15) is 11.6 Å². The molecule has 0 aliphatic heterocycles. The van der Waals surface area contributed by atoms with Crippen molar-refractivity contribution in [2.75, 3.05) is 5.32 Å². The molecule has 25 heavy (non-hydrogen) atoms. The van der Waals surface area contributed by atoms with E-state index in [9.17, 15) is 0 Å². The lowest BCUT2D eigenvalue weighted by atomic mass is 10.1. The summed E-state index contributed by atoms with van der Waals surface area (Å²) >= 11 is 0. The molecule has 0 spiro atoms. The van der Waals surface area contributed by atoms with E-state index in [2.05, 4.69) is 47.9 Å². The number of hydrogen-bond acceptors (Lipinski definition) is 5. The first kappa shape index (κ1) is 14.4. The lowest BCUT2D eigenvalue weighted by Gasteiger charge is -2.13. The second-order valence-corrected chi connectivity index (χ2v) is 6.79. The third kappa shape index (κ3) is 2.43. The zero-order chi connectivity index (χ0) is 16.8. The highest BCUT2D eigenvalue weighted by Gasteiger charge is 2.30. The van der Waals surface area contributed by atoms with Crippen molar-refractivity contribution in [3.63, 3.8) is 0 Å². The molecule has 0 radical (unpaired) electrons. The molecule has 7 nitrogen and oxygen atoms in total. The molecule has 2 atom stereocenters. The molecule has 1 saturated carbocycles. The van der Waals surface area contributed by atoms with Crippen molar-refractivity contribution >= 4 is 22.6 Å². The Labute approximate surface area is 144 Å². The minimum absolute atomic E-state index is 0.387. The minimum Gasteiger partial charge on any atom is -0.367 e. The van der Waals surface area contributed by atoms with E-state index >= 15 is 0 Å². The first-order chi connectivity index (χ1) is 12.3. The first-order valence-electron chi connectivity index (χ1n) is 8.64. The predicted octanol–water partition coefficient (Wildman–Crippen LogP) is 3.06. The van der Waals surface area contributed by atoms with E-state index in [-0.39, 0.29) is 0 Å². The summed E-state index contributed by atoms with van der Waals surface area (Å²) in [5.74, 6) is 2.36. The van der Waals surface area contributed by atoms with Crippen LogP contribution in [0.3, 0.4) is 0 Å². The van der Waals surface area contributed by atoms with Gasteiger partial charge in [-0.1, -0.05) is 6.07 Å². The van der Waals surface area contributed by atoms with Crippen LogP contribution in [-0.2, 0) is 0 Å². The zero-order valence-corrected chi connectivity index (χ0v) is 14.0. The number of anilines is 1. The quantitative estimate of drug-likeness (QED) is 0.602. The van der Waals surface area contributed by atoms with E-state index in [0.717, 1.165) is 47.7 Å². The van der Waals surface area contributed by atoms with Gasteiger partial charge in [0.15, 0.2) is 11.3 Å². The Kier molecular flexibility index (Phi) is 3.19. The van der Waals surface area contributed by atoms with Gasteiger partial charge in [0, 0.05) is 24.4 Å². The Morgan fingerprint density at radius 3 is 2.96 bits per heavy atom. The highest BCUT2D eigenvalue weighted by Crippen LogP contribution is 2.35. The van der Waals surface area contributed by atoms with Crippen LogP contribution in [-0.4, -0.2) is 35.6 Å². The van der Waals surface area contributed by atoms with Crippen molar-refractivity contribution in [3.05, 3.63) is 48.2 Å². The van der Waals surface area contributed by atoms with Crippen LogP contribution < -0.4 is 5.32 Å². The van der Waals surface area contributed by atoms with E-state index < -0.39 is 0 Å². The molecule has 2 N–H and O–H groups in total. The van der Waals surface area contributed by atoms with Crippen molar-refractivity contribution in [2.24, 2.45) is 0 Å². The largest absolute Gasteiger partial charge is 0.367 e. The monoisotopic (exact) mass is 333 g/mol. The van der Waals surface area contributed by atoms with Crippen molar-refractivity contribution in [1.82, 2.24) is 29.5 Å². The van der Waals surface area contributed by atoms with E-state index in [4.69, 9.17) is 0 Å². The molecule has 1 aliphatic rings. The number of nitrogens with zero attached hydrogens (tertiary/aromatic N) is 5. The molecule has 1 aliphatic carbocycles. The second-order valence-electron chi connectivity index (χ2n) is 6.79.